The number of aromatic nitrogens is 2. The molecule has 1 aliphatic rings. The Kier molecular flexibility index (Phi) is 3.20. The summed E-state index contributed by atoms with van der Waals surface area (Å²) in [5.74, 6) is 0. The third kappa shape index (κ3) is 2.08. The zero-order valence-corrected chi connectivity index (χ0v) is 10.00. The Morgan fingerprint density at radius 3 is 2.75 bits per heavy atom. The molecule has 0 saturated carbocycles. The van der Waals surface area contributed by atoms with Crippen LogP contribution in [0.2, 0.25) is 0 Å². The molecule has 1 aliphatic heterocycles. The molecule has 1 fully saturated rings. The summed E-state index contributed by atoms with van der Waals surface area (Å²) in [6.45, 7) is 3.08. The van der Waals surface area contributed by atoms with Crippen LogP contribution in [0.3, 0.4) is 0 Å². The standard InChI is InChI=1S/C10H15N3O2S/c1-8-10(13-6-5-12-8)16(14,15)9-3-2-4-11-7-9/h5-6,9,11H,2-4,7H2,1H3. The van der Waals surface area contributed by atoms with Crippen molar-refractivity contribution in [2.45, 2.75) is 30.0 Å². The highest BCUT2D eigenvalue weighted by Crippen LogP contribution is 2.20. The second kappa shape index (κ2) is 4.47. The van der Waals surface area contributed by atoms with Gasteiger partial charge in [-0.2, -0.15) is 0 Å². The van der Waals surface area contributed by atoms with Crippen LogP contribution >= 0.6 is 0 Å². The van der Waals surface area contributed by atoms with Crippen LogP contribution in [0, 0.1) is 6.92 Å². The van der Waals surface area contributed by atoms with Gasteiger partial charge in [0.2, 0.25) is 9.84 Å². The molecule has 0 spiro atoms. The lowest BCUT2D eigenvalue weighted by Crippen LogP contribution is -2.39. The van der Waals surface area contributed by atoms with Crippen molar-refractivity contribution in [1.29, 1.82) is 0 Å². The second-order valence-corrected chi connectivity index (χ2v) is 6.10. The maximum absolute atomic E-state index is 12.3. The lowest BCUT2D eigenvalue weighted by Gasteiger charge is -2.22. The van der Waals surface area contributed by atoms with E-state index in [0.717, 1.165) is 13.0 Å². The normalized spacial score (nSPS) is 21.9. The Bertz CT molecular complexity index is 467. The predicted molar refractivity (Wildman–Crippen MR) is 59.8 cm³/mol. The highest BCUT2D eigenvalue weighted by atomic mass is 32.2. The van der Waals surface area contributed by atoms with Gasteiger partial charge in [0.05, 0.1) is 10.9 Å². The van der Waals surface area contributed by atoms with E-state index < -0.39 is 9.84 Å². The van der Waals surface area contributed by atoms with Gasteiger partial charge < -0.3 is 5.32 Å². The van der Waals surface area contributed by atoms with E-state index in [9.17, 15) is 8.42 Å². The third-order valence-corrected chi connectivity index (χ3v) is 5.02. The van der Waals surface area contributed by atoms with Crippen molar-refractivity contribution >= 4 is 9.84 Å². The number of hydrogen-bond acceptors (Lipinski definition) is 5. The molecule has 88 valence electrons. The molecule has 5 nitrogen and oxygen atoms in total. The van der Waals surface area contributed by atoms with E-state index in [2.05, 4.69) is 15.3 Å². The highest BCUT2D eigenvalue weighted by Gasteiger charge is 2.31. The van der Waals surface area contributed by atoms with Crippen molar-refractivity contribution in [2.24, 2.45) is 0 Å². The van der Waals surface area contributed by atoms with Crippen LogP contribution in [-0.2, 0) is 9.84 Å². The zero-order valence-electron chi connectivity index (χ0n) is 9.18. The number of aryl methyl sites for hydroxylation is 1. The first kappa shape index (κ1) is 11.5. The van der Waals surface area contributed by atoms with Gasteiger partial charge in [-0.1, -0.05) is 0 Å². The molecular formula is C10H15N3O2S. The number of piperidine rings is 1. The molecule has 1 saturated heterocycles. The lowest BCUT2D eigenvalue weighted by atomic mass is 10.2. The second-order valence-electron chi connectivity index (χ2n) is 3.96. The average molecular weight is 241 g/mol. The molecule has 1 aromatic heterocycles. The Morgan fingerprint density at radius 1 is 1.38 bits per heavy atom. The number of sulfone groups is 1. The molecule has 0 radical (unpaired) electrons. The molecule has 0 amide bonds. The van der Waals surface area contributed by atoms with Crippen LogP contribution in [0.1, 0.15) is 18.5 Å². The smallest absolute Gasteiger partial charge is 0.201 e. The maximum atomic E-state index is 12.3. The fourth-order valence-corrected chi connectivity index (χ4v) is 3.72. The quantitative estimate of drug-likeness (QED) is 0.807. The van der Waals surface area contributed by atoms with Crippen molar-refractivity contribution in [3.05, 3.63) is 18.1 Å². The van der Waals surface area contributed by atoms with Crippen molar-refractivity contribution in [2.75, 3.05) is 13.1 Å². The Balaban J connectivity index is 2.35. The monoisotopic (exact) mass is 241 g/mol. The van der Waals surface area contributed by atoms with Gasteiger partial charge in [-0.3, -0.25) is 4.98 Å². The molecule has 0 aromatic carbocycles. The van der Waals surface area contributed by atoms with Crippen molar-refractivity contribution < 1.29 is 8.42 Å². The molecule has 0 bridgehead atoms. The first-order valence-electron chi connectivity index (χ1n) is 5.34. The van der Waals surface area contributed by atoms with E-state index in [1.54, 1.807) is 6.92 Å². The molecule has 16 heavy (non-hydrogen) atoms. The highest BCUT2D eigenvalue weighted by molar-refractivity contribution is 7.92. The van der Waals surface area contributed by atoms with Gasteiger partial charge in [-0.15, -0.1) is 0 Å². The van der Waals surface area contributed by atoms with Gasteiger partial charge in [0.25, 0.3) is 0 Å². The Labute approximate surface area is 95.2 Å². The minimum atomic E-state index is -3.33. The van der Waals surface area contributed by atoms with Gasteiger partial charge in [-0.05, 0) is 26.3 Å². The zero-order chi connectivity index (χ0) is 11.6. The number of rotatable bonds is 2. The van der Waals surface area contributed by atoms with E-state index in [4.69, 9.17) is 0 Å². The topological polar surface area (TPSA) is 72.0 Å². The third-order valence-electron chi connectivity index (χ3n) is 2.80. The molecule has 0 aliphatic carbocycles. The van der Waals surface area contributed by atoms with Gasteiger partial charge in [0.15, 0.2) is 5.03 Å². The fraction of sp³-hybridized carbons (Fsp3) is 0.600. The molecule has 1 unspecified atom stereocenters. The molecule has 2 rings (SSSR count). The first-order chi connectivity index (χ1) is 7.62. The van der Waals surface area contributed by atoms with E-state index >= 15 is 0 Å². The summed E-state index contributed by atoms with van der Waals surface area (Å²) in [5.41, 5.74) is 0.480. The molecule has 1 atom stereocenters. The van der Waals surface area contributed by atoms with Crippen LogP contribution in [0.25, 0.3) is 0 Å². The molecule has 1 N–H and O–H groups in total. The van der Waals surface area contributed by atoms with Crippen LogP contribution < -0.4 is 5.32 Å². The summed E-state index contributed by atoms with van der Waals surface area (Å²) in [6.07, 6.45) is 4.53. The summed E-state index contributed by atoms with van der Waals surface area (Å²) in [7, 11) is -3.33. The van der Waals surface area contributed by atoms with E-state index in [0.29, 0.717) is 18.7 Å². The SMILES string of the molecule is Cc1nccnc1S(=O)(=O)C1CCCNC1. The number of nitrogens with one attached hydrogen (secondary N) is 1. The largest absolute Gasteiger partial charge is 0.315 e. The first-order valence-corrected chi connectivity index (χ1v) is 6.89. The summed E-state index contributed by atoms with van der Waals surface area (Å²) in [5, 5.41) is 2.87. The van der Waals surface area contributed by atoms with Gasteiger partial charge in [0, 0.05) is 18.9 Å². The predicted octanol–water partition coefficient (Wildman–Crippen LogP) is 0.311. The number of nitrogens with zero attached hydrogens (tertiary/aromatic N) is 2. The summed E-state index contributed by atoms with van der Waals surface area (Å²) in [6, 6.07) is 0. The van der Waals surface area contributed by atoms with Gasteiger partial charge >= 0.3 is 0 Å². The Morgan fingerprint density at radius 2 is 2.12 bits per heavy atom. The van der Waals surface area contributed by atoms with Gasteiger partial charge in [-0.25, -0.2) is 13.4 Å². The molecular weight excluding hydrogens is 226 g/mol. The van der Waals surface area contributed by atoms with E-state index in [1.807, 2.05) is 0 Å². The van der Waals surface area contributed by atoms with Crippen molar-refractivity contribution in [3.63, 3.8) is 0 Å². The van der Waals surface area contributed by atoms with E-state index in [-0.39, 0.29) is 10.3 Å². The summed E-state index contributed by atoms with van der Waals surface area (Å²) in [4.78, 5) is 7.93. The van der Waals surface area contributed by atoms with Crippen LogP contribution in [0.15, 0.2) is 17.4 Å². The minimum Gasteiger partial charge on any atom is -0.315 e. The van der Waals surface area contributed by atoms with E-state index in [1.165, 1.54) is 12.4 Å². The van der Waals surface area contributed by atoms with Crippen molar-refractivity contribution in [1.82, 2.24) is 15.3 Å². The van der Waals surface area contributed by atoms with Crippen LogP contribution in [0.4, 0.5) is 0 Å². The molecule has 1 aromatic rings. The minimum absolute atomic E-state index is 0.128. The summed E-state index contributed by atoms with van der Waals surface area (Å²) < 4.78 is 24.5. The maximum Gasteiger partial charge on any atom is 0.201 e. The molecule has 6 heteroatoms. The van der Waals surface area contributed by atoms with Crippen LogP contribution in [-0.4, -0.2) is 36.7 Å². The van der Waals surface area contributed by atoms with Crippen LogP contribution in [0.5, 0.6) is 0 Å². The summed E-state index contributed by atoms with van der Waals surface area (Å²) >= 11 is 0. The number of hydrogen-bond donors (Lipinski definition) is 1. The Hall–Kier alpha value is -1.01. The van der Waals surface area contributed by atoms with Crippen molar-refractivity contribution in [3.8, 4) is 0 Å². The van der Waals surface area contributed by atoms with Gasteiger partial charge in [0.1, 0.15) is 0 Å². The molecule has 2 heterocycles. The fourth-order valence-electron chi connectivity index (χ4n) is 1.92. The lowest BCUT2D eigenvalue weighted by molar-refractivity contribution is 0.494. The average Bonchev–Trinajstić information content (AvgIpc) is 2.30.